The number of benzene rings is 1. The van der Waals surface area contributed by atoms with Crippen molar-refractivity contribution in [2.45, 2.75) is 25.4 Å². The van der Waals surface area contributed by atoms with Crippen molar-refractivity contribution in [2.75, 3.05) is 33.2 Å². The Morgan fingerprint density at radius 1 is 1.26 bits per heavy atom. The molecule has 0 radical (unpaired) electrons. The zero-order valence-corrected chi connectivity index (χ0v) is 11.8. The van der Waals surface area contributed by atoms with Crippen LogP contribution in [-0.2, 0) is 0 Å². The third kappa shape index (κ3) is 3.53. The van der Waals surface area contributed by atoms with Gasteiger partial charge in [0.15, 0.2) is 0 Å². The van der Waals surface area contributed by atoms with E-state index in [1.165, 1.54) is 6.07 Å². The molecule has 2 atom stereocenters. The van der Waals surface area contributed by atoms with Crippen LogP contribution in [-0.4, -0.2) is 49.1 Å². The van der Waals surface area contributed by atoms with E-state index in [4.69, 9.17) is 5.73 Å². The van der Waals surface area contributed by atoms with E-state index in [0.717, 1.165) is 38.2 Å². The Morgan fingerprint density at radius 3 is 2.53 bits per heavy atom. The molecule has 0 spiro atoms. The van der Waals surface area contributed by atoms with Gasteiger partial charge in [0.25, 0.3) is 0 Å². The van der Waals surface area contributed by atoms with Crippen LogP contribution in [0.2, 0.25) is 0 Å². The smallest absolute Gasteiger partial charge is 0.123 e. The molecule has 0 aromatic heterocycles. The Hall–Kier alpha value is -0.970. The van der Waals surface area contributed by atoms with Crippen LogP contribution in [0.3, 0.4) is 0 Å². The maximum absolute atomic E-state index is 13.5. The molecule has 1 aliphatic heterocycles. The summed E-state index contributed by atoms with van der Waals surface area (Å²) in [6, 6.07) is 7.04. The van der Waals surface area contributed by atoms with Gasteiger partial charge in [-0.15, -0.1) is 0 Å². The Bertz CT molecular complexity index is 402. The van der Waals surface area contributed by atoms with Gasteiger partial charge in [-0.2, -0.15) is 0 Å². The lowest BCUT2D eigenvalue weighted by atomic mass is 9.95. The monoisotopic (exact) mass is 265 g/mol. The maximum atomic E-state index is 13.5. The Kier molecular flexibility index (Phi) is 4.91. The molecule has 1 heterocycles. The summed E-state index contributed by atoms with van der Waals surface area (Å²) in [5.41, 5.74) is 7.29. The second-order valence-electron chi connectivity index (χ2n) is 5.41. The lowest BCUT2D eigenvalue weighted by molar-refractivity contribution is 0.0967. The first-order valence-electron chi connectivity index (χ1n) is 7.05. The van der Waals surface area contributed by atoms with Gasteiger partial charge in [0.1, 0.15) is 5.82 Å². The molecule has 106 valence electrons. The summed E-state index contributed by atoms with van der Waals surface area (Å²) in [5.74, 6) is -0.181. The molecule has 1 aliphatic rings. The van der Waals surface area contributed by atoms with E-state index in [9.17, 15) is 4.39 Å². The highest BCUT2D eigenvalue weighted by molar-refractivity contribution is 5.22. The number of rotatable bonds is 4. The van der Waals surface area contributed by atoms with E-state index in [1.807, 2.05) is 6.07 Å². The van der Waals surface area contributed by atoms with E-state index in [-0.39, 0.29) is 17.9 Å². The second kappa shape index (κ2) is 6.46. The van der Waals surface area contributed by atoms with Gasteiger partial charge in [-0.05, 0) is 31.2 Å². The zero-order valence-electron chi connectivity index (χ0n) is 11.8. The third-order valence-electron chi connectivity index (χ3n) is 4.00. The van der Waals surface area contributed by atoms with Gasteiger partial charge in [-0.25, -0.2) is 4.39 Å². The van der Waals surface area contributed by atoms with Crippen LogP contribution in [0.25, 0.3) is 0 Å². The molecular formula is C15H24FN3. The predicted molar refractivity (Wildman–Crippen MR) is 76.5 cm³/mol. The number of likely N-dealkylation sites (N-methyl/N-ethyl adjacent to an activating group) is 1. The lowest BCUT2D eigenvalue weighted by Gasteiger charge is -2.40. The number of halogens is 1. The molecule has 3 nitrogen and oxygen atoms in total. The van der Waals surface area contributed by atoms with E-state index in [0.29, 0.717) is 0 Å². The van der Waals surface area contributed by atoms with Crippen molar-refractivity contribution in [2.24, 2.45) is 5.73 Å². The highest BCUT2D eigenvalue weighted by atomic mass is 19.1. The molecule has 0 saturated carbocycles. The minimum atomic E-state index is -0.181. The summed E-state index contributed by atoms with van der Waals surface area (Å²) >= 11 is 0. The summed E-state index contributed by atoms with van der Waals surface area (Å²) in [6.07, 6.45) is 0.896. The molecule has 0 amide bonds. The first-order valence-corrected chi connectivity index (χ1v) is 7.05. The molecule has 19 heavy (non-hydrogen) atoms. The van der Waals surface area contributed by atoms with Gasteiger partial charge >= 0.3 is 0 Å². The maximum Gasteiger partial charge on any atom is 0.123 e. The van der Waals surface area contributed by atoms with Crippen molar-refractivity contribution >= 4 is 0 Å². The lowest BCUT2D eigenvalue weighted by Crippen LogP contribution is -2.50. The standard InChI is InChI=1S/C15H24FN3/c1-3-14(17)15(12-5-4-6-13(16)11-12)19-9-7-18(2)8-10-19/h4-6,11,14-15H,3,7-10,17H2,1-2H3. The van der Waals surface area contributed by atoms with Crippen LogP contribution in [0.1, 0.15) is 24.9 Å². The fourth-order valence-corrected chi connectivity index (χ4v) is 2.74. The number of nitrogens with zero attached hydrogens (tertiary/aromatic N) is 2. The van der Waals surface area contributed by atoms with Crippen LogP contribution in [0.4, 0.5) is 4.39 Å². The van der Waals surface area contributed by atoms with Gasteiger partial charge in [-0.3, -0.25) is 4.90 Å². The van der Waals surface area contributed by atoms with Crippen molar-refractivity contribution in [3.63, 3.8) is 0 Å². The number of piperazine rings is 1. The minimum Gasteiger partial charge on any atom is -0.326 e. The van der Waals surface area contributed by atoms with Gasteiger partial charge < -0.3 is 10.6 Å². The topological polar surface area (TPSA) is 32.5 Å². The van der Waals surface area contributed by atoms with Gasteiger partial charge in [0.05, 0.1) is 6.04 Å². The molecule has 1 saturated heterocycles. The minimum absolute atomic E-state index is 0.0465. The normalized spacial score (nSPS) is 21.3. The largest absolute Gasteiger partial charge is 0.326 e. The molecule has 1 aromatic carbocycles. The van der Waals surface area contributed by atoms with Crippen molar-refractivity contribution < 1.29 is 4.39 Å². The van der Waals surface area contributed by atoms with Crippen molar-refractivity contribution in [3.8, 4) is 0 Å². The third-order valence-corrected chi connectivity index (χ3v) is 4.00. The number of hydrogen-bond acceptors (Lipinski definition) is 3. The molecular weight excluding hydrogens is 241 g/mol. The van der Waals surface area contributed by atoms with Crippen LogP contribution in [0, 0.1) is 5.82 Å². The number of hydrogen-bond donors (Lipinski definition) is 1. The van der Waals surface area contributed by atoms with Crippen molar-refractivity contribution in [3.05, 3.63) is 35.6 Å². The number of nitrogens with two attached hydrogens (primary N) is 1. The molecule has 0 bridgehead atoms. The second-order valence-corrected chi connectivity index (χ2v) is 5.41. The molecule has 1 fully saturated rings. The summed E-state index contributed by atoms with van der Waals surface area (Å²) < 4.78 is 13.5. The SMILES string of the molecule is CCC(N)C(c1cccc(F)c1)N1CCN(C)CC1. The molecule has 1 aromatic rings. The summed E-state index contributed by atoms with van der Waals surface area (Å²) in [5, 5.41) is 0. The van der Waals surface area contributed by atoms with Gasteiger partial charge in [0, 0.05) is 32.2 Å². The van der Waals surface area contributed by atoms with Gasteiger partial charge in [-0.1, -0.05) is 19.1 Å². The van der Waals surface area contributed by atoms with Crippen LogP contribution in [0.5, 0.6) is 0 Å². The van der Waals surface area contributed by atoms with Crippen LogP contribution >= 0.6 is 0 Å². The molecule has 4 heteroatoms. The zero-order chi connectivity index (χ0) is 13.8. The Balaban J connectivity index is 2.21. The van der Waals surface area contributed by atoms with E-state index < -0.39 is 0 Å². The highest BCUT2D eigenvalue weighted by Crippen LogP contribution is 2.26. The summed E-state index contributed by atoms with van der Waals surface area (Å²) in [6.45, 7) is 6.16. The molecule has 0 aliphatic carbocycles. The predicted octanol–water partition coefficient (Wildman–Crippen LogP) is 1.85. The van der Waals surface area contributed by atoms with Crippen LogP contribution in [0.15, 0.2) is 24.3 Å². The molecule has 2 N–H and O–H groups in total. The average molecular weight is 265 g/mol. The summed E-state index contributed by atoms with van der Waals surface area (Å²) in [7, 11) is 2.13. The van der Waals surface area contributed by atoms with Gasteiger partial charge in [0.2, 0.25) is 0 Å². The Morgan fingerprint density at radius 2 is 1.95 bits per heavy atom. The fourth-order valence-electron chi connectivity index (χ4n) is 2.74. The van der Waals surface area contributed by atoms with E-state index in [2.05, 4.69) is 23.8 Å². The average Bonchev–Trinajstić information content (AvgIpc) is 2.41. The fraction of sp³-hybridized carbons (Fsp3) is 0.600. The van der Waals surface area contributed by atoms with Crippen molar-refractivity contribution in [1.29, 1.82) is 0 Å². The van der Waals surface area contributed by atoms with E-state index >= 15 is 0 Å². The summed E-state index contributed by atoms with van der Waals surface area (Å²) in [4.78, 5) is 4.71. The van der Waals surface area contributed by atoms with Crippen LogP contribution < -0.4 is 5.73 Å². The van der Waals surface area contributed by atoms with Crippen molar-refractivity contribution in [1.82, 2.24) is 9.80 Å². The first kappa shape index (κ1) is 14.4. The first-order chi connectivity index (χ1) is 9.11. The molecule has 2 unspecified atom stereocenters. The molecule has 2 rings (SSSR count). The Labute approximate surface area is 115 Å². The highest BCUT2D eigenvalue weighted by Gasteiger charge is 2.28. The van der Waals surface area contributed by atoms with E-state index in [1.54, 1.807) is 12.1 Å². The quantitative estimate of drug-likeness (QED) is 0.902.